The SMILES string of the molecule is C[C@H]1C2CCC(CC2)[C@@H]1Cc1cc(N2CCc3ccccc3C2)nc(-c2c[nH]c3ncc(Cl)nc23)n1. The van der Waals surface area contributed by atoms with Gasteiger partial charge in [0.2, 0.25) is 0 Å². The summed E-state index contributed by atoms with van der Waals surface area (Å²) in [4.78, 5) is 24.8. The van der Waals surface area contributed by atoms with E-state index in [4.69, 9.17) is 21.6 Å². The summed E-state index contributed by atoms with van der Waals surface area (Å²) in [5.74, 6) is 4.88. The van der Waals surface area contributed by atoms with E-state index in [1.807, 2.05) is 6.20 Å². The van der Waals surface area contributed by atoms with Crippen LogP contribution in [-0.2, 0) is 19.4 Å². The van der Waals surface area contributed by atoms with Crippen LogP contribution in [0.3, 0.4) is 0 Å². The minimum Gasteiger partial charge on any atom is -0.352 e. The van der Waals surface area contributed by atoms with Crippen molar-refractivity contribution in [2.75, 3.05) is 11.4 Å². The summed E-state index contributed by atoms with van der Waals surface area (Å²) >= 11 is 6.21. The van der Waals surface area contributed by atoms with Crippen LogP contribution in [0, 0.1) is 23.7 Å². The summed E-state index contributed by atoms with van der Waals surface area (Å²) in [5, 5.41) is 0.374. The Balaban J connectivity index is 1.30. The molecule has 3 fully saturated rings. The number of aromatic nitrogens is 5. The summed E-state index contributed by atoms with van der Waals surface area (Å²) < 4.78 is 0. The highest BCUT2D eigenvalue weighted by Crippen LogP contribution is 2.49. The monoisotopic (exact) mass is 498 g/mol. The Labute approximate surface area is 216 Å². The van der Waals surface area contributed by atoms with Gasteiger partial charge in [-0.05, 0) is 73.3 Å². The van der Waals surface area contributed by atoms with E-state index in [0.717, 1.165) is 66.3 Å². The van der Waals surface area contributed by atoms with Crippen molar-refractivity contribution in [2.45, 2.75) is 52.0 Å². The summed E-state index contributed by atoms with van der Waals surface area (Å²) in [6.45, 7) is 4.30. The quantitative estimate of drug-likeness (QED) is 0.360. The Hall–Kier alpha value is -2.99. The molecule has 0 spiro atoms. The number of hydrogen-bond acceptors (Lipinski definition) is 5. The number of hydrogen-bond donors (Lipinski definition) is 1. The molecule has 36 heavy (non-hydrogen) atoms. The number of rotatable bonds is 4. The number of benzene rings is 1. The van der Waals surface area contributed by atoms with Gasteiger partial charge in [0.05, 0.1) is 11.8 Å². The summed E-state index contributed by atoms with van der Waals surface area (Å²) in [5.41, 5.74) is 6.25. The number of nitrogens with zero attached hydrogens (tertiary/aromatic N) is 5. The lowest BCUT2D eigenvalue weighted by Gasteiger charge is -2.47. The Bertz CT molecular complexity index is 1420. The predicted octanol–water partition coefficient (Wildman–Crippen LogP) is 6.25. The highest BCUT2D eigenvalue weighted by atomic mass is 35.5. The van der Waals surface area contributed by atoms with E-state index in [1.165, 1.54) is 36.8 Å². The summed E-state index contributed by atoms with van der Waals surface area (Å²) in [7, 11) is 0. The van der Waals surface area contributed by atoms with Gasteiger partial charge in [0.15, 0.2) is 11.5 Å². The molecule has 4 aromatic rings. The third-order valence-electron chi connectivity index (χ3n) is 9.10. The molecule has 7 heteroatoms. The minimum absolute atomic E-state index is 0.374. The molecular formula is C29H31ClN6. The maximum Gasteiger partial charge on any atom is 0.165 e. The van der Waals surface area contributed by atoms with Gasteiger partial charge in [-0.2, -0.15) is 0 Å². The third-order valence-corrected chi connectivity index (χ3v) is 9.28. The van der Waals surface area contributed by atoms with Gasteiger partial charge in [-0.3, -0.25) is 0 Å². The molecule has 4 heterocycles. The third kappa shape index (κ3) is 3.86. The van der Waals surface area contributed by atoms with E-state index in [9.17, 15) is 0 Å². The van der Waals surface area contributed by atoms with E-state index in [2.05, 4.69) is 57.1 Å². The van der Waals surface area contributed by atoms with Crippen LogP contribution in [0.2, 0.25) is 5.15 Å². The van der Waals surface area contributed by atoms with E-state index in [1.54, 1.807) is 6.20 Å². The van der Waals surface area contributed by atoms with Gasteiger partial charge in [-0.15, -0.1) is 0 Å². The minimum atomic E-state index is 0.374. The van der Waals surface area contributed by atoms with Gasteiger partial charge >= 0.3 is 0 Å². The molecule has 2 bridgehead atoms. The molecule has 0 saturated heterocycles. The molecular weight excluding hydrogens is 468 g/mol. The van der Waals surface area contributed by atoms with Crippen molar-refractivity contribution in [3.63, 3.8) is 0 Å². The zero-order valence-corrected chi connectivity index (χ0v) is 21.4. The van der Waals surface area contributed by atoms with E-state index < -0.39 is 0 Å². The standard InChI is InChI=1S/C29H31ClN6/c1-17-18-6-8-20(9-7-18)23(17)12-22-13-26(36-11-10-19-4-2-3-5-21(19)16-36)35-28(33-22)24-14-31-29-27(24)34-25(30)15-32-29/h2-5,13-15,17-18,20,23H,6-12,16H2,1H3,(H,31,32)/t17-,18?,20?,23+/m0/s1. The normalized spacial score (nSPS) is 25.3. The Morgan fingerprint density at radius 3 is 2.67 bits per heavy atom. The Morgan fingerprint density at radius 2 is 1.83 bits per heavy atom. The lowest BCUT2D eigenvalue weighted by atomic mass is 9.58. The van der Waals surface area contributed by atoms with Crippen molar-refractivity contribution in [3.05, 3.63) is 64.7 Å². The van der Waals surface area contributed by atoms with Crippen molar-refractivity contribution in [3.8, 4) is 11.4 Å². The number of H-pyrrole nitrogens is 1. The number of anilines is 1. The number of fused-ring (bicyclic) bond motifs is 5. The van der Waals surface area contributed by atoms with E-state index in [-0.39, 0.29) is 0 Å². The highest BCUT2D eigenvalue weighted by molar-refractivity contribution is 6.29. The molecule has 1 aromatic carbocycles. The molecule has 3 aromatic heterocycles. The van der Waals surface area contributed by atoms with Crippen molar-refractivity contribution >= 4 is 28.6 Å². The average molecular weight is 499 g/mol. The molecule has 1 aliphatic heterocycles. The Kier molecular flexibility index (Phi) is 5.46. The molecule has 3 saturated carbocycles. The smallest absolute Gasteiger partial charge is 0.165 e. The van der Waals surface area contributed by atoms with Gasteiger partial charge < -0.3 is 9.88 Å². The zero-order valence-electron chi connectivity index (χ0n) is 20.6. The van der Waals surface area contributed by atoms with Gasteiger partial charge in [-0.25, -0.2) is 19.9 Å². The topological polar surface area (TPSA) is 70.6 Å². The fourth-order valence-electron chi connectivity index (χ4n) is 7.07. The lowest BCUT2D eigenvalue weighted by Crippen LogP contribution is -2.39. The fourth-order valence-corrected chi connectivity index (χ4v) is 7.21. The van der Waals surface area contributed by atoms with E-state index >= 15 is 0 Å². The lowest BCUT2D eigenvalue weighted by molar-refractivity contribution is 0.0339. The van der Waals surface area contributed by atoms with Gasteiger partial charge in [-0.1, -0.05) is 42.8 Å². The first-order valence-electron chi connectivity index (χ1n) is 13.3. The van der Waals surface area contributed by atoms with Crippen LogP contribution in [-0.4, -0.2) is 31.5 Å². The van der Waals surface area contributed by atoms with Crippen LogP contribution in [0.4, 0.5) is 5.82 Å². The molecule has 184 valence electrons. The van der Waals surface area contributed by atoms with Crippen molar-refractivity contribution < 1.29 is 0 Å². The number of aromatic amines is 1. The first-order chi connectivity index (χ1) is 17.6. The molecule has 6 nitrogen and oxygen atoms in total. The van der Waals surface area contributed by atoms with Gasteiger partial charge in [0, 0.05) is 31.0 Å². The highest BCUT2D eigenvalue weighted by Gasteiger charge is 2.41. The zero-order chi connectivity index (χ0) is 24.2. The second-order valence-corrected chi connectivity index (χ2v) is 11.4. The average Bonchev–Trinajstić information content (AvgIpc) is 3.33. The molecule has 0 unspecified atom stereocenters. The number of halogens is 1. The van der Waals surface area contributed by atoms with Crippen LogP contribution in [0.25, 0.3) is 22.6 Å². The maximum absolute atomic E-state index is 6.21. The van der Waals surface area contributed by atoms with Crippen LogP contribution < -0.4 is 4.90 Å². The Morgan fingerprint density at radius 1 is 1.03 bits per heavy atom. The van der Waals surface area contributed by atoms with Crippen LogP contribution in [0.1, 0.15) is 49.4 Å². The maximum atomic E-state index is 6.21. The summed E-state index contributed by atoms with van der Waals surface area (Å²) in [6.07, 6.45) is 11.1. The first kappa shape index (κ1) is 22.2. The van der Waals surface area contributed by atoms with Crippen molar-refractivity contribution in [1.82, 2.24) is 24.9 Å². The largest absolute Gasteiger partial charge is 0.352 e. The van der Waals surface area contributed by atoms with Crippen LogP contribution in [0.15, 0.2) is 42.7 Å². The first-order valence-corrected chi connectivity index (χ1v) is 13.7. The molecule has 0 radical (unpaired) electrons. The molecule has 2 atom stereocenters. The molecule has 1 N–H and O–H groups in total. The van der Waals surface area contributed by atoms with Gasteiger partial charge in [0.25, 0.3) is 0 Å². The van der Waals surface area contributed by atoms with Crippen LogP contribution in [0.5, 0.6) is 0 Å². The second-order valence-electron chi connectivity index (χ2n) is 11.0. The number of nitrogens with one attached hydrogen (secondary N) is 1. The molecule has 4 aliphatic rings. The second kappa shape index (κ2) is 8.84. The van der Waals surface area contributed by atoms with Crippen molar-refractivity contribution in [2.24, 2.45) is 23.7 Å². The molecule has 3 aliphatic carbocycles. The molecule has 8 rings (SSSR count). The fraction of sp³-hybridized carbons (Fsp3) is 0.448. The summed E-state index contributed by atoms with van der Waals surface area (Å²) in [6, 6.07) is 11.0. The van der Waals surface area contributed by atoms with Crippen molar-refractivity contribution in [1.29, 1.82) is 0 Å². The molecule has 0 amide bonds. The predicted molar refractivity (Wildman–Crippen MR) is 143 cm³/mol. The van der Waals surface area contributed by atoms with Crippen LogP contribution >= 0.6 is 11.6 Å². The van der Waals surface area contributed by atoms with E-state index in [0.29, 0.717) is 22.5 Å². The van der Waals surface area contributed by atoms with Gasteiger partial charge in [0.1, 0.15) is 16.5 Å².